The van der Waals surface area contributed by atoms with E-state index in [2.05, 4.69) is 10.3 Å². The first-order valence-electron chi connectivity index (χ1n) is 9.04. The number of carbonyl (C=O) groups excluding carboxylic acids is 1. The summed E-state index contributed by atoms with van der Waals surface area (Å²) in [4.78, 5) is 17.4. The standard InChI is InChI=1S/C22H17N3O4/c1-27-18-7-5-14(17-12-25-9-3-2-4-21(25)23-17)10-16(18)24-22(26)15-6-8-19-20(11-15)29-13-28-19/h2-12H,13H2,1H3,(H,24,26). The molecule has 144 valence electrons. The second kappa shape index (κ2) is 6.87. The zero-order valence-corrected chi connectivity index (χ0v) is 15.6. The monoisotopic (exact) mass is 387 g/mol. The van der Waals surface area contributed by atoms with Crippen LogP contribution in [0.25, 0.3) is 16.9 Å². The summed E-state index contributed by atoms with van der Waals surface area (Å²) in [6, 6.07) is 16.5. The van der Waals surface area contributed by atoms with Gasteiger partial charge >= 0.3 is 0 Å². The molecule has 0 aliphatic carbocycles. The van der Waals surface area contributed by atoms with Gasteiger partial charge in [-0.3, -0.25) is 4.79 Å². The van der Waals surface area contributed by atoms with E-state index in [1.165, 1.54) is 0 Å². The zero-order valence-electron chi connectivity index (χ0n) is 15.6. The quantitative estimate of drug-likeness (QED) is 0.573. The molecular weight excluding hydrogens is 370 g/mol. The van der Waals surface area contributed by atoms with Gasteiger partial charge in [-0.05, 0) is 48.5 Å². The molecule has 0 saturated heterocycles. The Morgan fingerprint density at radius 3 is 2.86 bits per heavy atom. The Balaban J connectivity index is 1.47. The number of imidazole rings is 1. The normalized spacial score (nSPS) is 12.2. The molecule has 2 aromatic heterocycles. The van der Waals surface area contributed by atoms with E-state index in [-0.39, 0.29) is 12.7 Å². The van der Waals surface area contributed by atoms with Crippen molar-refractivity contribution in [2.75, 3.05) is 19.2 Å². The molecule has 0 saturated carbocycles. The molecule has 0 atom stereocenters. The molecule has 7 nitrogen and oxygen atoms in total. The third-order valence-corrected chi connectivity index (χ3v) is 4.74. The lowest BCUT2D eigenvalue weighted by Gasteiger charge is -2.12. The van der Waals surface area contributed by atoms with Crippen molar-refractivity contribution in [1.82, 2.24) is 9.38 Å². The molecular formula is C22H17N3O4. The number of hydrogen-bond donors (Lipinski definition) is 1. The predicted octanol–water partition coefficient (Wildman–Crippen LogP) is 3.99. The summed E-state index contributed by atoms with van der Waals surface area (Å²) in [5.41, 5.74) is 3.55. The van der Waals surface area contributed by atoms with Gasteiger partial charge in [0.1, 0.15) is 11.4 Å². The Morgan fingerprint density at radius 1 is 1.10 bits per heavy atom. The number of nitrogens with zero attached hydrogens (tertiary/aromatic N) is 2. The zero-order chi connectivity index (χ0) is 19.8. The van der Waals surface area contributed by atoms with Gasteiger partial charge in [-0.1, -0.05) is 6.07 Å². The second-order valence-corrected chi connectivity index (χ2v) is 6.53. The van der Waals surface area contributed by atoms with Gasteiger partial charge in [-0.25, -0.2) is 4.98 Å². The van der Waals surface area contributed by atoms with Crippen molar-refractivity contribution in [2.24, 2.45) is 0 Å². The van der Waals surface area contributed by atoms with Gasteiger partial charge in [-0.15, -0.1) is 0 Å². The van der Waals surface area contributed by atoms with E-state index in [9.17, 15) is 4.79 Å². The lowest BCUT2D eigenvalue weighted by molar-refractivity contribution is 0.102. The molecule has 4 aromatic rings. The number of benzene rings is 2. The fourth-order valence-electron chi connectivity index (χ4n) is 3.27. The average Bonchev–Trinajstić information content (AvgIpc) is 3.39. The number of ether oxygens (including phenoxy) is 3. The number of pyridine rings is 1. The second-order valence-electron chi connectivity index (χ2n) is 6.53. The van der Waals surface area contributed by atoms with Crippen LogP contribution in [-0.4, -0.2) is 29.2 Å². The highest BCUT2D eigenvalue weighted by molar-refractivity contribution is 6.05. The lowest BCUT2D eigenvalue weighted by atomic mass is 10.1. The van der Waals surface area contributed by atoms with Crippen molar-refractivity contribution in [3.8, 4) is 28.5 Å². The smallest absolute Gasteiger partial charge is 0.255 e. The molecule has 29 heavy (non-hydrogen) atoms. The minimum atomic E-state index is -0.270. The van der Waals surface area contributed by atoms with Crippen LogP contribution in [0.3, 0.4) is 0 Å². The summed E-state index contributed by atoms with van der Waals surface area (Å²) in [5.74, 6) is 1.48. The van der Waals surface area contributed by atoms with Gasteiger partial charge in [0.05, 0.1) is 18.5 Å². The van der Waals surface area contributed by atoms with Gasteiger partial charge in [0.15, 0.2) is 11.5 Å². The first-order valence-corrected chi connectivity index (χ1v) is 9.04. The van der Waals surface area contributed by atoms with Crippen LogP contribution in [0.4, 0.5) is 5.69 Å². The molecule has 0 unspecified atom stereocenters. The number of anilines is 1. The first-order chi connectivity index (χ1) is 14.2. The lowest BCUT2D eigenvalue weighted by Crippen LogP contribution is -2.12. The molecule has 1 amide bonds. The van der Waals surface area contributed by atoms with Gasteiger partial charge < -0.3 is 23.9 Å². The fraction of sp³-hybridized carbons (Fsp3) is 0.0909. The molecule has 1 aliphatic heterocycles. The van der Waals surface area contributed by atoms with E-state index in [4.69, 9.17) is 14.2 Å². The van der Waals surface area contributed by atoms with Crippen LogP contribution in [0, 0.1) is 0 Å². The number of amides is 1. The molecule has 5 rings (SSSR count). The number of methoxy groups -OCH3 is 1. The van der Waals surface area contributed by atoms with E-state index in [0.29, 0.717) is 28.5 Å². The van der Waals surface area contributed by atoms with E-state index >= 15 is 0 Å². The van der Waals surface area contributed by atoms with Crippen LogP contribution >= 0.6 is 0 Å². The van der Waals surface area contributed by atoms with Crippen molar-refractivity contribution in [2.45, 2.75) is 0 Å². The van der Waals surface area contributed by atoms with Crippen LogP contribution in [0.1, 0.15) is 10.4 Å². The van der Waals surface area contributed by atoms with Crippen molar-refractivity contribution >= 4 is 17.2 Å². The Kier molecular flexibility index (Phi) is 4.05. The minimum absolute atomic E-state index is 0.162. The number of aromatic nitrogens is 2. The molecule has 2 aromatic carbocycles. The molecule has 0 fully saturated rings. The molecule has 1 aliphatic rings. The summed E-state index contributed by atoms with van der Waals surface area (Å²) < 4.78 is 18.0. The molecule has 7 heteroatoms. The first kappa shape index (κ1) is 17.1. The largest absolute Gasteiger partial charge is 0.495 e. The minimum Gasteiger partial charge on any atom is -0.495 e. The third kappa shape index (κ3) is 3.12. The number of nitrogens with one attached hydrogen (secondary N) is 1. The summed E-state index contributed by atoms with van der Waals surface area (Å²) >= 11 is 0. The molecule has 0 radical (unpaired) electrons. The number of rotatable bonds is 4. The fourth-order valence-corrected chi connectivity index (χ4v) is 3.27. The Bertz CT molecular complexity index is 1200. The van der Waals surface area contributed by atoms with Gasteiger partial charge in [0, 0.05) is 23.5 Å². The van der Waals surface area contributed by atoms with E-state index in [1.54, 1.807) is 25.3 Å². The predicted molar refractivity (Wildman–Crippen MR) is 108 cm³/mol. The summed E-state index contributed by atoms with van der Waals surface area (Å²) in [6.45, 7) is 0.162. The maximum absolute atomic E-state index is 12.8. The van der Waals surface area contributed by atoms with Crippen molar-refractivity contribution in [3.63, 3.8) is 0 Å². The average molecular weight is 387 g/mol. The Hall–Kier alpha value is -4.00. The summed E-state index contributed by atoms with van der Waals surface area (Å²) in [7, 11) is 1.57. The topological polar surface area (TPSA) is 74.1 Å². The number of hydrogen-bond acceptors (Lipinski definition) is 5. The molecule has 0 spiro atoms. The van der Waals surface area contributed by atoms with Crippen molar-refractivity contribution in [1.29, 1.82) is 0 Å². The molecule has 3 heterocycles. The van der Waals surface area contributed by atoms with Crippen molar-refractivity contribution < 1.29 is 19.0 Å². The van der Waals surface area contributed by atoms with E-state index in [1.807, 2.05) is 53.2 Å². The van der Waals surface area contributed by atoms with E-state index < -0.39 is 0 Å². The van der Waals surface area contributed by atoms with Gasteiger partial charge in [-0.2, -0.15) is 0 Å². The Labute approximate surface area is 166 Å². The molecule has 0 bridgehead atoms. The van der Waals surface area contributed by atoms with Crippen LogP contribution in [0.15, 0.2) is 67.0 Å². The van der Waals surface area contributed by atoms with Crippen LogP contribution in [-0.2, 0) is 0 Å². The van der Waals surface area contributed by atoms with Gasteiger partial charge in [0.2, 0.25) is 6.79 Å². The van der Waals surface area contributed by atoms with Crippen LogP contribution < -0.4 is 19.5 Å². The van der Waals surface area contributed by atoms with Gasteiger partial charge in [0.25, 0.3) is 5.91 Å². The van der Waals surface area contributed by atoms with Crippen LogP contribution in [0.2, 0.25) is 0 Å². The molecule has 1 N–H and O–H groups in total. The third-order valence-electron chi connectivity index (χ3n) is 4.74. The number of fused-ring (bicyclic) bond motifs is 2. The maximum atomic E-state index is 12.8. The van der Waals surface area contributed by atoms with Crippen molar-refractivity contribution in [3.05, 3.63) is 72.6 Å². The highest BCUT2D eigenvalue weighted by Crippen LogP contribution is 2.34. The Morgan fingerprint density at radius 2 is 2.00 bits per heavy atom. The summed E-state index contributed by atoms with van der Waals surface area (Å²) in [5, 5.41) is 2.92. The van der Waals surface area contributed by atoms with Crippen LogP contribution in [0.5, 0.6) is 17.2 Å². The number of carbonyl (C=O) groups is 1. The summed E-state index contributed by atoms with van der Waals surface area (Å²) in [6.07, 6.45) is 3.89. The highest BCUT2D eigenvalue weighted by Gasteiger charge is 2.18. The maximum Gasteiger partial charge on any atom is 0.255 e. The van der Waals surface area contributed by atoms with E-state index in [0.717, 1.165) is 16.9 Å². The SMILES string of the molecule is COc1ccc(-c2cn3ccccc3n2)cc1NC(=O)c1ccc2c(c1)OCO2. The highest BCUT2D eigenvalue weighted by atomic mass is 16.7.